The zero-order chi connectivity index (χ0) is 17.9. The summed E-state index contributed by atoms with van der Waals surface area (Å²) >= 11 is 0. The van der Waals surface area contributed by atoms with Crippen molar-refractivity contribution in [3.63, 3.8) is 0 Å². The molecule has 1 amide bonds. The van der Waals surface area contributed by atoms with Crippen molar-refractivity contribution in [2.24, 2.45) is 0 Å². The highest BCUT2D eigenvalue weighted by atomic mass is 16.5. The summed E-state index contributed by atoms with van der Waals surface area (Å²) in [6, 6.07) is 19.0. The van der Waals surface area contributed by atoms with Crippen molar-refractivity contribution in [3.05, 3.63) is 76.6 Å². The molecule has 2 heterocycles. The maximum atomic E-state index is 12.6. The number of nitrogens with zero attached hydrogens (tertiary/aromatic N) is 1. The molecule has 4 rings (SSSR count). The monoisotopic (exact) mass is 348 g/mol. The number of H-pyrrole nitrogens is 1. The van der Waals surface area contributed by atoms with E-state index < -0.39 is 0 Å². The molecular weight excluding hydrogens is 328 g/mol. The number of para-hydroxylation sites is 2. The van der Waals surface area contributed by atoms with Gasteiger partial charge in [0.25, 0.3) is 5.56 Å². The lowest BCUT2D eigenvalue weighted by Gasteiger charge is -2.17. The number of rotatable bonds is 4. The van der Waals surface area contributed by atoms with Crippen LogP contribution in [0.2, 0.25) is 0 Å². The molecule has 0 bridgehead atoms. The molecule has 26 heavy (non-hydrogen) atoms. The van der Waals surface area contributed by atoms with E-state index in [0.29, 0.717) is 18.7 Å². The van der Waals surface area contributed by atoms with Crippen LogP contribution in [0.4, 0.5) is 0 Å². The summed E-state index contributed by atoms with van der Waals surface area (Å²) in [4.78, 5) is 29.5. The predicted octanol–water partition coefficient (Wildman–Crippen LogP) is 2.75. The summed E-state index contributed by atoms with van der Waals surface area (Å²) in [5, 5.41) is 0.932. The number of hydrogen-bond acceptors (Lipinski definition) is 3. The first-order valence-corrected chi connectivity index (χ1v) is 8.79. The SMILES string of the molecule is O=C(Cc1cc2ccccc2[nH]c1=O)N1CC[C@H](Oc2ccccc2)C1. The van der Waals surface area contributed by atoms with Crippen molar-refractivity contribution in [3.8, 4) is 5.75 Å². The van der Waals surface area contributed by atoms with Gasteiger partial charge < -0.3 is 14.6 Å². The average Bonchev–Trinajstić information content (AvgIpc) is 3.12. The van der Waals surface area contributed by atoms with Gasteiger partial charge in [-0.15, -0.1) is 0 Å². The molecule has 5 heteroatoms. The second-order valence-corrected chi connectivity index (χ2v) is 6.57. The van der Waals surface area contributed by atoms with Gasteiger partial charge in [0.2, 0.25) is 5.91 Å². The Morgan fingerprint density at radius 1 is 1.12 bits per heavy atom. The first-order valence-electron chi connectivity index (χ1n) is 8.79. The van der Waals surface area contributed by atoms with Gasteiger partial charge in [0.1, 0.15) is 11.9 Å². The van der Waals surface area contributed by atoms with E-state index >= 15 is 0 Å². The number of amides is 1. The van der Waals surface area contributed by atoms with Crippen LogP contribution in [0.3, 0.4) is 0 Å². The first kappa shape index (κ1) is 16.4. The number of fused-ring (bicyclic) bond motifs is 1. The second kappa shape index (κ2) is 7.04. The Bertz CT molecular complexity index is 981. The highest BCUT2D eigenvalue weighted by Crippen LogP contribution is 2.19. The summed E-state index contributed by atoms with van der Waals surface area (Å²) in [5.74, 6) is 0.780. The summed E-state index contributed by atoms with van der Waals surface area (Å²) in [6.45, 7) is 1.21. The fourth-order valence-electron chi connectivity index (χ4n) is 3.34. The van der Waals surface area contributed by atoms with Crippen molar-refractivity contribution < 1.29 is 9.53 Å². The van der Waals surface area contributed by atoms with Gasteiger partial charge in [-0.1, -0.05) is 36.4 Å². The number of hydrogen-bond donors (Lipinski definition) is 1. The van der Waals surface area contributed by atoms with E-state index in [4.69, 9.17) is 4.74 Å². The Labute approximate surface area is 151 Å². The van der Waals surface area contributed by atoms with Crippen molar-refractivity contribution in [2.45, 2.75) is 18.9 Å². The largest absolute Gasteiger partial charge is 0.489 e. The van der Waals surface area contributed by atoms with Crippen molar-refractivity contribution in [1.29, 1.82) is 0 Å². The van der Waals surface area contributed by atoms with Gasteiger partial charge in [0.15, 0.2) is 0 Å². The van der Waals surface area contributed by atoms with Crippen LogP contribution >= 0.6 is 0 Å². The molecule has 1 aliphatic rings. The number of nitrogens with one attached hydrogen (secondary N) is 1. The molecular formula is C21H20N2O3. The quantitative estimate of drug-likeness (QED) is 0.789. The molecule has 1 atom stereocenters. The number of ether oxygens (including phenoxy) is 1. The highest BCUT2D eigenvalue weighted by Gasteiger charge is 2.28. The predicted molar refractivity (Wildman–Crippen MR) is 100 cm³/mol. The zero-order valence-electron chi connectivity index (χ0n) is 14.4. The number of likely N-dealkylation sites (tertiary alicyclic amines) is 1. The summed E-state index contributed by atoms with van der Waals surface area (Å²) < 4.78 is 5.93. The average molecular weight is 348 g/mol. The molecule has 1 N–H and O–H groups in total. The number of carbonyl (C=O) groups is 1. The lowest BCUT2D eigenvalue weighted by atomic mass is 10.1. The lowest BCUT2D eigenvalue weighted by molar-refractivity contribution is -0.129. The van der Waals surface area contributed by atoms with Crippen molar-refractivity contribution >= 4 is 16.8 Å². The summed E-state index contributed by atoms with van der Waals surface area (Å²) in [7, 11) is 0. The standard InChI is InChI=1S/C21H20N2O3/c24-20(13-16-12-15-6-4-5-9-19(15)22-21(16)25)23-11-10-18(14-23)26-17-7-2-1-3-8-17/h1-9,12,18H,10-11,13-14H2,(H,22,25)/t18-/m0/s1. The number of carbonyl (C=O) groups excluding carboxylic acids is 1. The molecule has 0 spiro atoms. The van der Waals surface area contributed by atoms with Crippen LogP contribution in [0.25, 0.3) is 10.9 Å². The smallest absolute Gasteiger partial charge is 0.252 e. The molecule has 1 aromatic heterocycles. The Kier molecular flexibility index (Phi) is 4.44. The Morgan fingerprint density at radius 3 is 2.73 bits per heavy atom. The van der Waals surface area contributed by atoms with Crippen LogP contribution in [0.15, 0.2) is 65.5 Å². The Balaban J connectivity index is 1.42. The maximum absolute atomic E-state index is 12.6. The number of aromatic amines is 1. The van der Waals surface area contributed by atoms with Gasteiger partial charge in [-0.3, -0.25) is 9.59 Å². The van der Waals surface area contributed by atoms with E-state index in [1.54, 1.807) is 11.0 Å². The minimum atomic E-state index is -0.201. The maximum Gasteiger partial charge on any atom is 0.252 e. The molecule has 0 aliphatic carbocycles. The van der Waals surface area contributed by atoms with Gasteiger partial charge >= 0.3 is 0 Å². The van der Waals surface area contributed by atoms with Crippen LogP contribution in [-0.2, 0) is 11.2 Å². The minimum Gasteiger partial charge on any atom is -0.489 e. The van der Waals surface area contributed by atoms with E-state index in [2.05, 4.69) is 4.98 Å². The number of benzene rings is 2. The lowest BCUT2D eigenvalue weighted by Crippen LogP contribution is -2.33. The van der Waals surface area contributed by atoms with Gasteiger partial charge in [-0.05, 0) is 29.7 Å². The van der Waals surface area contributed by atoms with Crippen LogP contribution in [-0.4, -0.2) is 35.0 Å². The van der Waals surface area contributed by atoms with E-state index in [0.717, 1.165) is 23.1 Å². The van der Waals surface area contributed by atoms with Crippen LogP contribution in [0.1, 0.15) is 12.0 Å². The molecule has 0 radical (unpaired) electrons. The zero-order valence-corrected chi connectivity index (χ0v) is 14.4. The van der Waals surface area contributed by atoms with E-state index in [1.807, 2.05) is 54.6 Å². The van der Waals surface area contributed by atoms with Crippen LogP contribution in [0, 0.1) is 0 Å². The summed E-state index contributed by atoms with van der Waals surface area (Å²) in [5.41, 5.74) is 1.08. The number of aromatic nitrogens is 1. The van der Waals surface area contributed by atoms with E-state index in [9.17, 15) is 9.59 Å². The molecule has 1 saturated heterocycles. The Morgan fingerprint density at radius 2 is 1.88 bits per heavy atom. The molecule has 1 fully saturated rings. The van der Waals surface area contributed by atoms with Gasteiger partial charge in [0.05, 0.1) is 13.0 Å². The van der Waals surface area contributed by atoms with E-state index in [1.165, 1.54) is 0 Å². The third-order valence-electron chi connectivity index (χ3n) is 4.72. The molecule has 3 aromatic rings. The first-order chi connectivity index (χ1) is 12.7. The van der Waals surface area contributed by atoms with E-state index in [-0.39, 0.29) is 24.0 Å². The topological polar surface area (TPSA) is 62.4 Å². The third kappa shape index (κ3) is 3.47. The van der Waals surface area contributed by atoms with Crippen LogP contribution < -0.4 is 10.3 Å². The fraction of sp³-hybridized carbons (Fsp3) is 0.238. The molecule has 1 aliphatic heterocycles. The molecule has 2 aromatic carbocycles. The molecule has 0 saturated carbocycles. The third-order valence-corrected chi connectivity index (χ3v) is 4.72. The van der Waals surface area contributed by atoms with Crippen molar-refractivity contribution in [2.75, 3.05) is 13.1 Å². The van der Waals surface area contributed by atoms with Gasteiger partial charge in [-0.25, -0.2) is 0 Å². The molecule has 5 nitrogen and oxygen atoms in total. The fourth-order valence-corrected chi connectivity index (χ4v) is 3.34. The van der Waals surface area contributed by atoms with Gasteiger partial charge in [0, 0.05) is 24.0 Å². The van der Waals surface area contributed by atoms with Crippen molar-refractivity contribution in [1.82, 2.24) is 9.88 Å². The Hall–Kier alpha value is -3.08. The summed E-state index contributed by atoms with van der Waals surface area (Å²) in [6.07, 6.45) is 0.906. The minimum absolute atomic E-state index is 0.00348. The molecule has 132 valence electrons. The van der Waals surface area contributed by atoms with Crippen LogP contribution in [0.5, 0.6) is 5.75 Å². The molecule has 0 unspecified atom stereocenters. The second-order valence-electron chi connectivity index (χ2n) is 6.57. The van der Waals surface area contributed by atoms with Gasteiger partial charge in [-0.2, -0.15) is 0 Å². The number of pyridine rings is 1. The normalized spacial score (nSPS) is 16.8. The highest BCUT2D eigenvalue weighted by molar-refractivity contribution is 5.82.